The third kappa shape index (κ3) is 3.36. The van der Waals surface area contributed by atoms with Gasteiger partial charge in [0.15, 0.2) is 11.0 Å². The topological polar surface area (TPSA) is 79.4 Å². The van der Waals surface area contributed by atoms with Crippen molar-refractivity contribution in [2.24, 2.45) is 5.10 Å². The lowest BCUT2D eigenvalue weighted by Crippen LogP contribution is -2.08. The van der Waals surface area contributed by atoms with Crippen molar-refractivity contribution in [2.75, 3.05) is 30.2 Å². The highest BCUT2D eigenvalue weighted by Gasteiger charge is 2.03. The number of aromatic nitrogens is 2. The Hall–Kier alpha value is -2.34. The third-order valence-electron chi connectivity index (χ3n) is 2.63. The van der Waals surface area contributed by atoms with Gasteiger partial charge in [-0.3, -0.25) is 5.43 Å². The van der Waals surface area contributed by atoms with Crippen molar-refractivity contribution in [3.63, 3.8) is 0 Å². The summed E-state index contributed by atoms with van der Waals surface area (Å²) in [6, 6.07) is 7.96. The van der Waals surface area contributed by atoms with Crippen LogP contribution in [0.25, 0.3) is 0 Å². The van der Waals surface area contributed by atoms with E-state index in [4.69, 9.17) is 17.3 Å². The van der Waals surface area contributed by atoms with Crippen LogP contribution in [0.3, 0.4) is 0 Å². The van der Waals surface area contributed by atoms with E-state index in [0.29, 0.717) is 5.82 Å². The lowest BCUT2D eigenvalue weighted by molar-refractivity contribution is 1.13. The standard InChI is InChI=1S/C13H15ClN6/c1-20(2)10-5-3-9(4-6-10)7-18-19-13-11(15)12(14)16-8-17-13/h3-8H,15H2,1-2H3,(H,16,17,19)/b18-7+. The lowest BCUT2D eigenvalue weighted by Gasteiger charge is -2.11. The van der Waals surface area contributed by atoms with Crippen LogP contribution in [-0.4, -0.2) is 30.3 Å². The van der Waals surface area contributed by atoms with E-state index in [-0.39, 0.29) is 10.8 Å². The summed E-state index contributed by atoms with van der Waals surface area (Å²) in [5.41, 5.74) is 10.8. The molecule has 0 aliphatic rings. The Kier molecular flexibility index (Phi) is 4.37. The monoisotopic (exact) mass is 290 g/mol. The van der Waals surface area contributed by atoms with Gasteiger partial charge in [0.2, 0.25) is 0 Å². The number of nitrogens with zero attached hydrogens (tertiary/aromatic N) is 4. The molecule has 1 aromatic carbocycles. The summed E-state index contributed by atoms with van der Waals surface area (Å²) in [4.78, 5) is 9.75. The molecular formula is C13H15ClN6. The van der Waals surface area contributed by atoms with Crippen molar-refractivity contribution >= 4 is 35.0 Å². The second-order valence-electron chi connectivity index (χ2n) is 4.28. The van der Waals surface area contributed by atoms with E-state index in [1.165, 1.54) is 6.33 Å². The zero-order valence-corrected chi connectivity index (χ0v) is 12.0. The Morgan fingerprint density at radius 1 is 1.25 bits per heavy atom. The zero-order chi connectivity index (χ0) is 14.5. The molecule has 0 aliphatic heterocycles. The first kappa shape index (κ1) is 14.1. The van der Waals surface area contributed by atoms with Crippen molar-refractivity contribution in [1.29, 1.82) is 0 Å². The maximum Gasteiger partial charge on any atom is 0.174 e. The Morgan fingerprint density at radius 2 is 1.95 bits per heavy atom. The van der Waals surface area contributed by atoms with E-state index in [1.807, 2.05) is 43.3 Å². The first-order valence-electron chi connectivity index (χ1n) is 5.90. The minimum atomic E-state index is 0.202. The summed E-state index contributed by atoms with van der Waals surface area (Å²) in [5.74, 6) is 0.381. The Labute approximate surface area is 122 Å². The molecule has 0 aliphatic carbocycles. The average molecular weight is 291 g/mol. The number of nitrogen functional groups attached to an aromatic ring is 1. The molecule has 0 radical (unpaired) electrons. The van der Waals surface area contributed by atoms with Gasteiger partial charge in [-0.05, 0) is 17.7 Å². The van der Waals surface area contributed by atoms with Gasteiger partial charge in [0.05, 0.1) is 6.21 Å². The highest BCUT2D eigenvalue weighted by atomic mass is 35.5. The molecule has 20 heavy (non-hydrogen) atoms. The predicted molar refractivity (Wildman–Crippen MR) is 83.4 cm³/mol. The lowest BCUT2D eigenvalue weighted by atomic mass is 10.2. The minimum absolute atomic E-state index is 0.202. The second kappa shape index (κ2) is 6.21. The van der Waals surface area contributed by atoms with Crippen molar-refractivity contribution in [2.45, 2.75) is 0 Å². The van der Waals surface area contributed by atoms with Crippen LogP contribution < -0.4 is 16.1 Å². The van der Waals surface area contributed by atoms with E-state index in [9.17, 15) is 0 Å². The van der Waals surface area contributed by atoms with Crippen LogP contribution in [0.2, 0.25) is 5.15 Å². The van der Waals surface area contributed by atoms with E-state index >= 15 is 0 Å². The quantitative estimate of drug-likeness (QED) is 0.513. The molecule has 2 rings (SSSR count). The normalized spacial score (nSPS) is 10.8. The Morgan fingerprint density at radius 3 is 2.60 bits per heavy atom. The van der Waals surface area contributed by atoms with E-state index < -0.39 is 0 Å². The molecule has 0 spiro atoms. The van der Waals surface area contributed by atoms with Crippen molar-refractivity contribution in [3.8, 4) is 0 Å². The molecule has 0 atom stereocenters. The van der Waals surface area contributed by atoms with Crippen molar-refractivity contribution in [3.05, 3.63) is 41.3 Å². The summed E-state index contributed by atoms with van der Waals surface area (Å²) < 4.78 is 0. The van der Waals surface area contributed by atoms with E-state index in [2.05, 4.69) is 20.5 Å². The Balaban J connectivity index is 2.04. The van der Waals surface area contributed by atoms with Crippen LogP contribution in [0.1, 0.15) is 5.56 Å². The van der Waals surface area contributed by atoms with Gasteiger partial charge in [0.25, 0.3) is 0 Å². The van der Waals surface area contributed by atoms with Gasteiger partial charge in [0.1, 0.15) is 12.0 Å². The molecule has 0 saturated carbocycles. The molecule has 1 heterocycles. The second-order valence-corrected chi connectivity index (χ2v) is 4.64. The number of nitrogens with two attached hydrogens (primary N) is 1. The van der Waals surface area contributed by atoms with Gasteiger partial charge >= 0.3 is 0 Å². The number of anilines is 3. The van der Waals surface area contributed by atoms with Crippen LogP contribution in [0.5, 0.6) is 0 Å². The maximum absolute atomic E-state index is 5.78. The van der Waals surface area contributed by atoms with Gasteiger partial charge in [-0.1, -0.05) is 23.7 Å². The third-order valence-corrected chi connectivity index (χ3v) is 2.93. The summed E-state index contributed by atoms with van der Waals surface area (Å²) in [6.07, 6.45) is 3.00. The fraction of sp³-hybridized carbons (Fsp3) is 0.154. The molecule has 104 valence electrons. The molecule has 0 unspecified atom stereocenters. The fourth-order valence-corrected chi connectivity index (χ4v) is 1.62. The highest BCUT2D eigenvalue weighted by Crippen LogP contribution is 2.21. The number of benzene rings is 1. The molecule has 0 bridgehead atoms. The number of nitrogens with one attached hydrogen (secondary N) is 1. The van der Waals surface area contributed by atoms with Crippen LogP contribution in [-0.2, 0) is 0 Å². The molecule has 0 amide bonds. The van der Waals surface area contributed by atoms with Gasteiger partial charge in [-0.2, -0.15) is 5.10 Å². The first-order chi connectivity index (χ1) is 9.58. The van der Waals surface area contributed by atoms with Gasteiger partial charge in [-0.15, -0.1) is 0 Å². The minimum Gasteiger partial charge on any atom is -0.393 e. The maximum atomic E-state index is 5.78. The summed E-state index contributed by atoms with van der Waals surface area (Å²) in [7, 11) is 3.98. The van der Waals surface area contributed by atoms with Gasteiger partial charge in [0, 0.05) is 19.8 Å². The van der Waals surface area contributed by atoms with Crippen molar-refractivity contribution < 1.29 is 0 Å². The molecular weight excluding hydrogens is 276 g/mol. The molecule has 3 N–H and O–H groups in total. The summed E-state index contributed by atoms with van der Waals surface area (Å²) in [5, 5.41) is 4.27. The average Bonchev–Trinajstić information content (AvgIpc) is 2.44. The van der Waals surface area contributed by atoms with Crippen LogP contribution in [0, 0.1) is 0 Å². The predicted octanol–water partition coefficient (Wildman–Crippen LogP) is 2.22. The van der Waals surface area contributed by atoms with E-state index in [0.717, 1.165) is 11.3 Å². The molecule has 2 aromatic rings. The SMILES string of the molecule is CN(C)c1ccc(/C=N/Nc2ncnc(Cl)c2N)cc1. The number of hydrogen-bond acceptors (Lipinski definition) is 6. The number of hydrogen-bond donors (Lipinski definition) is 2. The van der Waals surface area contributed by atoms with Crippen LogP contribution >= 0.6 is 11.6 Å². The zero-order valence-electron chi connectivity index (χ0n) is 11.2. The highest BCUT2D eigenvalue weighted by molar-refractivity contribution is 6.32. The molecule has 6 nitrogen and oxygen atoms in total. The number of hydrazone groups is 1. The molecule has 7 heteroatoms. The molecule has 0 saturated heterocycles. The largest absolute Gasteiger partial charge is 0.393 e. The molecule has 1 aromatic heterocycles. The van der Waals surface area contributed by atoms with Gasteiger partial charge < -0.3 is 10.6 Å². The first-order valence-corrected chi connectivity index (χ1v) is 6.28. The van der Waals surface area contributed by atoms with Crippen LogP contribution in [0.4, 0.5) is 17.2 Å². The van der Waals surface area contributed by atoms with Gasteiger partial charge in [-0.25, -0.2) is 9.97 Å². The summed E-state index contributed by atoms with van der Waals surface area (Å²) >= 11 is 5.78. The summed E-state index contributed by atoms with van der Waals surface area (Å²) in [6.45, 7) is 0. The van der Waals surface area contributed by atoms with E-state index in [1.54, 1.807) is 6.21 Å². The fourth-order valence-electron chi connectivity index (χ4n) is 1.49. The Bertz CT molecular complexity index is 609. The van der Waals surface area contributed by atoms with Crippen LogP contribution in [0.15, 0.2) is 35.7 Å². The number of halogens is 1. The number of rotatable bonds is 4. The smallest absolute Gasteiger partial charge is 0.174 e. The van der Waals surface area contributed by atoms with Crippen molar-refractivity contribution in [1.82, 2.24) is 9.97 Å². The molecule has 0 fully saturated rings.